The summed E-state index contributed by atoms with van der Waals surface area (Å²) >= 11 is 0. The number of rotatable bonds is 2. The Morgan fingerprint density at radius 1 is 1.47 bits per heavy atom. The van der Waals surface area contributed by atoms with E-state index in [-0.39, 0.29) is 0 Å². The highest BCUT2D eigenvalue weighted by Crippen LogP contribution is 2.29. The highest BCUT2D eigenvalue weighted by atomic mass is 16.5. The van der Waals surface area contributed by atoms with Crippen LogP contribution in [0.3, 0.4) is 0 Å². The van der Waals surface area contributed by atoms with E-state index >= 15 is 0 Å². The van der Waals surface area contributed by atoms with Crippen LogP contribution in [0.15, 0.2) is 22.9 Å². The van der Waals surface area contributed by atoms with Crippen molar-refractivity contribution in [1.82, 2.24) is 4.98 Å². The van der Waals surface area contributed by atoms with E-state index in [9.17, 15) is 0 Å². The molecule has 5 heteroatoms. The highest BCUT2D eigenvalue weighted by molar-refractivity contribution is 5.92. The van der Waals surface area contributed by atoms with Crippen LogP contribution in [0.5, 0.6) is 0 Å². The number of hydrogen-bond donors (Lipinski definition) is 2. The predicted octanol–water partition coefficient (Wildman–Crippen LogP) is 2.00. The molecule has 0 unspecified atom stereocenters. The first-order chi connectivity index (χ1) is 8.34. The van der Waals surface area contributed by atoms with E-state index < -0.39 is 0 Å². The van der Waals surface area contributed by atoms with Crippen molar-refractivity contribution in [3.05, 3.63) is 18.5 Å². The van der Waals surface area contributed by atoms with Crippen LogP contribution in [-0.4, -0.2) is 24.2 Å². The second-order valence-corrected chi connectivity index (χ2v) is 4.28. The summed E-state index contributed by atoms with van der Waals surface area (Å²) in [5.74, 6) is 0. The molecule has 0 bridgehead atoms. The number of furan rings is 1. The Balaban J connectivity index is 1.92. The first kappa shape index (κ1) is 10.4. The summed E-state index contributed by atoms with van der Waals surface area (Å²) in [4.78, 5) is 4.20. The van der Waals surface area contributed by atoms with Crippen molar-refractivity contribution in [3.63, 3.8) is 0 Å². The van der Waals surface area contributed by atoms with Crippen LogP contribution in [0.25, 0.3) is 11.1 Å². The topological polar surface area (TPSA) is 73.3 Å². The van der Waals surface area contributed by atoms with Crippen LogP contribution in [-0.2, 0) is 4.74 Å². The Kier molecular flexibility index (Phi) is 2.60. The molecule has 0 amide bonds. The molecule has 1 saturated heterocycles. The van der Waals surface area contributed by atoms with Gasteiger partial charge in [-0.25, -0.2) is 0 Å². The molecule has 3 heterocycles. The largest absolute Gasteiger partial charge is 0.460 e. The maximum Gasteiger partial charge on any atom is 0.177 e. The van der Waals surface area contributed by atoms with E-state index in [0.29, 0.717) is 18.3 Å². The van der Waals surface area contributed by atoms with Crippen molar-refractivity contribution in [2.75, 3.05) is 24.3 Å². The van der Waals surface area contributed by atoms with Gasteiger partial charge in [0.2, 0.25) is 0 Å². The molecular weight excluding hydrogens is 218 g/mol. The first-order valence-corrected chi connectivity index (χ1v) is 5.80. The molecule has 2 aromatic rings. The van der Waals surface area contributed by atoms with Gasteiger partial charge in [0.05, 0.1) is 24.8 Å². The molecule has 90 valence electrons. The summed E-state index contributed by atoms with van der Waals surface area (Å²) in [6.07, 6.45) is 5.44. The lowest BCUT2D eigenvalue weighted by Gasteiger charge is -2.24. The fourth-order valence-corrected chi connectivity index (χ4v) is 2.13. The third kappa shape index (κ3) is 1.93. The monoisotopic (exact) mass is 233 g/mol. The van der Waals surface area contributed by atoms with E-state index in [1.54, 1.807) is 12.5 Å². The van der Waals surface area contributed by atoms with Crippen LogP contribution in [0.4, 0.5) is 11.4 Å². The molecule has 3 rings (SSSR count). The number of nitrogens with one attached hydrogen (secondary N) is 1. The lowest BCUT2D eigenvalue weighted by atomic mass is 10.1. The molecule has 5 nitrogen and oxygen atoms in total. The number of aromatic nitrogens is 1. The number of nitrogens with zero attached hydrogens (tertiary/aromatic N) is 1. The van der Waals surface area contributed by atoms with Crippen LogP contribution in [0.1, 0.15) is 12.8 Å². The number of hydrogen-bond acceptors (Lipinski definition) is 5. The summed E-state index contributed by atoms with van der Waals surface area (Å²) in [6, 6.07) is 2.12. The molecule has 0 aliphatic carbocycles. The molecule has 3 N–H and O–H groups in total. The number of pyridine rings is 1. The van der Waals surface area contributed by atoms with E-state index in [1.807, 2.05) is 6.07 Å². The lowest BCUT2D eigenvalue weighted by molar-refractivity contribution is 0.0876. The van der Waals surface area contributed by atoms with Crippen molar-refractivity contribution in [1.29, 1.82) is 0 Å². The summed E-state index contributed by atoms with van der Waals surface area (Å²) in [5, 5.41) is 3.39. The third-order valence-corrected chi connectivity index (χ3v) is 3.01. The summed E-state index contributed by atoms with van der Waals surface area (Å²) in [5.41, 5.74) is 8.91. The minimum absolute atomic E-state index is 0.293. The molecule has 1 atom stereocenters. The van der Waals surface area contributed by atoms with Crippen molar-refractivity contribution in [2.45, 2.75) is 18.9 Å². The van der Waals surface area contributed by atoms with Gasteiger partial charge in [-0.2, -0.15) is 0 Å². The molecule has 0 spiro atoms. The molecule has 0 aromatic carbocycles. The SMILES string of the molecule is Nc1cnc2ccoc2c1N[C@H]1CCCOC1. The Morgan fingerprint density at radius 3 is 3.24 bits per heavy atom. The predicted molar refractivity (Wildman–Crippen MR) is 65.9 cm³/mol. The fraction of sp³-hybridized carbons (Fsp3) is 0.417. The molecule has 2 aromatic heterocycles. The second-order valence-electron chi connectivity index (χ2n) is 4.28. The fourth-order valence-electron chi connectivity index (χ4n) is 2.13. The molecule has 0 saturated carbocycles. The minimum atomic E-state index is 0.293. The van der Waals surface area contributed by atoms with Gasteiger partial charge in [-0.05, 0) is 12.8 Å². The van der Waals surface area contributed by atoms with Crippen molar-refractivity contribution in [3.8, 4) is 0 Å². The van der Waals surface area contributed by atoms with Gasteiger partial charge >= 0.3 is 0 Å². The molecule has 1 aliphatic rings. The van der Waals surface area contributed by atoms with Crippen molar-refractivity contribution in [2.24, 2.45) is 0 Å². The maximum absolute atomic E-state index is 5.94. The van der Waals surface area contributed by atoms with Gasteiger partial charge in [-0.1, -0.05) is 0 Å². The molecule has 17 heavy (non-hydrogen) atoms. The van der Waals surface area contributed by atoms with Gasteiger partial charge in [-0.3, -0.25) is 4.98 Å². The van der Waals surface area contributed by atoms with Gasteiger partial charge in [0.25, 0.3) is 0 Å². The third-order valence-electron chi connectivity index (χ3n) is 3.01. The van der Waals surface area contributed by atoms with Gasteiger partial charge in [0.15, 0.2) is 5.58 Å². The van der Waals surface area contributed by atoms with Gasteiger partial charge in [0, 0.05) is 18.7 Å². The number of anilines is 2. The molecule has 0 radical (unpaired) electrons. The smallest absolute Gasteiger partial charge is 0.177 e. The lowest BCUT2D eigenvalue weighted by Crippen LogP contribution is -2.30. The van der Waals surface area contributed by atoms with Gasteiger partial charge < -0.3 is 20.2 Å². The Bertz CT molecular complexity index is 517. The first-order valence-electron chi connectivity index (χ1n) is 5.80. The zero-order valence-electron chi connectivity index (χ0n) is 9.48. The quantitative estimate of drug-likeness (QED) is 0.830. The van der Waals surface area contributed by atoms with E-state index in [0.717, 1.165) is 36.2 Å². The zero-order valence-corrected chi connectivity index (χ0v) is 9.48. The van der Waals surface area contributed by atoms with Crippen LogP contribution < -0.4 is 11.1 Å². The van der Waals surface area contributed by atoms with Crippen molar-refractivity contribution >= 4 is 22.5 Å². The van der Waals surface area contributed by atoms with E-state index in [1.165, 1.54) is 0 Å². The van der Waals surface area contributed by atoms with Gasteiger partial charge in [-0.15, -0.1) is 0 Å². The van der Waals surface area contributed by atoms with Crippen LogP contribution >= 0.6 is 0 Å². The molecule has 1 fully saturated rings. The zero-order chi connectivity index (χ0) is 11.7. The van der Waals surface area contributed by atoms with Gasteiger partial charge in [0.1, 0.15) is 11.2 Å². The Labute approximate surface area is 98.9 Å². The summed E-state index contributed by atoms with van der Waals surface area (Å²) in [7, 11) is 0. The summed E-state index contributed by atoms with van der Waals surface area (Å²) in [6.45, 7) is 1.56. The van der Waals surface area contributed by atoms with Crippen molar-refractivity contribution < 1.29 is 9.15 Å². The van der Waals surface area contributed by atoms with Crippen LogP contribution in [0.2, 0.25) is 0 Å². The molecule has 1 aliphatic heterocycles. The summed E-state index contributed by atoms with van der Waals surface area (Å²) < 4.78 is 10.9. The molecular formula is C12H15N3O2. The second kappa shape index (κ2) is 4.25. The number of nitrogens with two attached hydrogens (primary N) is 1. The number of ether oxygens (including phenoxy) is 1. The number of nitrogen functional groups attached to an aromatic ring is 1. The van der Waals surface area contributed by atoms with E-state index in [2.05, 4.69) is 10.3 Å². The standard InChI is InChI=1S/C12H15N3O2/c13-9-6-14-10-3-5-17-12(10)11(9)15-8-2-1-4-16-7-8/h3,5-6,8H,1-2,4,7,13H2,(H,14,15)/t8-/m0/s1. The average Bonchev–Trinajstić information content (AvgIpc) is 2.83. The average molecular weight is 233 g/mol. The Hall–Kier alpha value is -1.75. The Morgan fingerprint density at radius 2 is 2.41 bits per heavy atom. The highest BCUT2D eigenvalue weighted by Gasteiger charge is 2.17. The minimum Gasteiger partial charge on any atom is -0.460 e. The van der Waals surface area contributed by atoms with E-state index in [4.69, 9.17) is 14.9 Å². The number of fused-ring (bicyclic) bond motifs is 1. The maximum atomic E-state index is 5.94. The normalized spacial score (nSPS) is 20.6. The van der Waals surface area contributed by atoms with Crippen LogP contribution in [0, 0.1) is 0 Å².